The van der Waals surface area contributed by atoms with Gasteiger partial charge in [0.2, 0.25) is 0 Å². The average molecular weight is 259 g/mol. The van der Waals surface area contributed by atoms with Crippen LogP contribution in [0.5, 0.6) is 0 Å². The van der Waals surface area contributed by atoms with Gasteiger partial charge >= 0.3 is 0 Å². The van der Waals surface area contributed by atoms with Crippen molar-refractivity contribution in [2.45, 2.75) is 32.7 Å². The van der Waals surface area contributed by atoms with Crippen molar-refractivity contribution >= 4 is 5.91 Å². The number of aromatic nitrogens is 1. The molecule has 1 saturated carbocycles. The number of likely N-dealkylation sites (tertiary alicyclic amines) is 1. The molecule has 0 radical (unpaired) electrons. The van der Waals surface area contributed by atoms with E-state index in [0.717, 1.165) is 36.5 Å². The predicted octanol–water partition coefficient (Wildman–Crippen LogP) is 1.51. The van der Waals surface area contributed by atoms with Crippen LogP contribution in [0.3, 0.4) is 0 Å². The Balaban J connectivity index is 1.78. The van der Waals surface area contributed by atoms with Crippen LogP contribution in [0.4, 0.5) is 0 Å². The highest BCUT2D eigenvalue weighted by molar-refractivity contribution is 5.95. The van der Waals surface area contributed by atoms with Gasteiger partial charge in [0.15, 0.2) is 0 Å². The number of carbonyl (C=O) groups excluding carboxylic acids is 1. The van der Waals surface area contributed by atoms with E-state index in [0.29, 0.717) is 11.8 Å². The third-order valence-corrected chi connectivity index (χ3v) is 4.66. The lowest BCUT2D eigenvalue weighted by atomic mass is 9.98. The van der Waals surface area contributed by atoms with Crippen molar-refractivity contribution in [1.29, 1.82) is 0 Å². The van der Waals surface area contributed by atoms with Crippen molar-refractivity contribution in [3.8, 4) is 0 Å². The summed E-state index contributed by atoms with van der Waals surface area (Å²) in [4.78, 5) is 18.9. The molecule has 1 amide bonds. The highest BCUT2D eigenvalue weighted by Crippen LogP contribution is 2.37. The SMILES string of the molecule is Cc1ccc(C(=O)N2CC3CCC(N)C3C2)c(C)n1. The molecule has 1 aromatic rings. The Morgan fingerprint density at radius 1 is 1.32 bits per heavy atom. The van der Waals surface area contributed by atoms with Gasteiger partial charge in [0.1, 0.15) is 0 Å². The molecule has 2 N–H and O–H groups in total. The number of fused-ring (bicyclic) bond motifs is 1. The van der Waals surface area contributed by atoms with E-state index in [9.17, 15) is 4.79 Å². The summed E-state index contributed by atoms with van der Waals surface area (Å²) in [6.45, 7) is 5.53. The first-order valence-corrected chi connectivity index (χ1v) is 7.05. The van der Waals surface area contributed by atoms with Gasteiger partial charge in [-0.25, -0.2) is 0 Å². The topological polar surface area (TPSA) is 59.2 Å². The number of amides is 1. The van der Waals surface area contributed by atoms with E-state index in [1.54, 1.807) is 0 Å². The first kappa shape index (κ1) is 12.6. The van der Waals surface area contributed by atoms with E-state index in [-0.39, 0.29) is 11.9 Å². The van der Waals surface area contributed by atoms with Crippen LogP contribution in [0, 0.1) is 25.7 Å². The second-order valence-electron chi connectivity index (χ2n) is 5.96. The van der Waals surface area contributed by atoms with E-state index < -0.39 is 0 Å². The van der Waals surface area contributed by atoms with Crippen LogP contribution in [0.25, 0.3) is 0 Å². The summed E-state index contributed by atoms with van der Waals surface area (Å²) >= 11 is 0. The fourth-order valence-electron chi connectivity index (χ4n) is 3.56. The predicted molar refractivity (Wildman–Crippen MR) is 73.8 cm³/mol. The molecule has 2 fully saturated rings. The van der Waals surface area contributed by atoms with E-state index in [2.05, 4.69) is 4.98 Å². The summed E-state index contributed by atoms with van der Waals surface area (Å²) < 4.78 is 0. The van der Waals surface area contributed by atoms with Crippen LogP contribution in [-0.4, -0.2) is 34.9 Å². The molecule has 3 rings (SSSR count). The molecule has 1 aromatic heterocycles. The van der Waals surface area contributed by atoms with Crippen molar-refractivity contribution in [2.75, 3.05) is 13.1 Å². The molecular weight excluding hydrogens is 238 g/mol. The second kappa shape index (κ2) is 4.60. The minimum atomic E-state index is 0.117. The Bertz CT molecular complexity index is 514. The van der Waals surface area contributed by atoms with Gasteiger partial charge in [0.05, 0.1) is 11.3 Å². The third kappa shape index (κ3) is 2.14. The van der Waals surface area contributed by atoms with Crippen molar-refractivity contribution in [1.82, 2.24) is 9.88 Å². The van der Waals surface area contributed by atoms with Gasteiger partial charge in [0, 0.05) is 24.8 Å². The second-order valence-corrected chi connectivity index (χ2v) is 5.96. The van der Waals surface area contributed by atoms with Gasteiger partial charge in [-0.3, -0.25) is 9.78 Å². The van der Waals surface area contributed by atoms with Crippen LogP contribution in [-0.2, 0) is 0 Å². The molecule has 1 aliphatic heterocycles. The van der Waals surface area contributed by atoms with Gasteiger partial charge < -0.3 is 10.6 Å². The Morgan fingerprint density at radius 2 is 2.11 bits per heavy atom. The number of hydrogen-bond acceptors (Lipinski definition) is 3. The van der Waals surface area contributed by atoms with Crippen molar-refractivity contribution in [3.05, 3.63) is 29.1 Å². The lowest BCUT2D eigenvalue weighted by molar-refractivity contribution is 0.0778. The molecule has 1 aliphatic carbocycles. The highest BCUT2D eigenvalue weighted by atomic mass is 16.2. The standard InChI is InChI=1S/C15H21N3O/c1-9-3-5-12(10(2)17-9)15(19)18-7-11-4-6-14(16)13(11)8-18/h3,5,11,13-14H,4,6-8,16H2,1-2H3. The van der Waals surface area contributed by atoms with Crippen molar-refractivity contribution in [2.24, 2.45) is 17.6 Å². The molecule has 4 nitrogen and oxygen atoms in total. The largest absolute Gasteiger partial charge is 0.338 e. The maximum absolute atomic E-state index is 12.6. The quantitative estimate of drug-likeness (QED) is 0.831. The maximum Gasteiger partial charge on any atom is 0.255 e. The van der Waals surface area contributed by atoms with Gasteiger partial charge in [-0.1, -0.05) is 0 Å². The zero-order chi connectivity index (χ0) is 13.6. The number of carbonyl (C=O) groups is 1. The van der Waals surface area contributed by atoms with Crippen LogP contribution in [0.15, 0.2) is 12.1 Å². The smallest absolute Gasteiger partial charge is 0.255 e. The number of pyridine rings is 1. The normalized spacial score (nSPS) is 29.6. The summed E-state index contributed by atoms with van der Waals surface area (Å²) in [7, 11) is 0. The highest BCUT2D eigenvalue weighted by Gasteiger charge is 2.42. The lowest BCUT2D eigenvalue weighted by Gasteiger charge is -2.19. The van der Waals surface area contributed by atoms with Crippen LogP contribution in [0.2, 0.25) is 0 Å². The van der Waals surface area contributed by atoms with Crippen LogP contribution < -0.4 is 5.73 Å². The van der Waals surface area contributed by atoms with Crippen molar-refractivity contribution < 1.29 is 4.79 Å². The summed E-state index contributed by atoms with van der Waals surface area (Å²) in [6.07, 6.45) is 2.28. The molecule has 3 atom stereocenters. The zero-order valence-electron chi connectivity index (χ0n) is 11.6. The van der Waals surface area contributed by atoms with Crippen LogP contribution >= 0.6 is 0 Å². The Morgan fingerprint density at radius 3 is 2.79 bits per heavy atom. The molecule has 1 saturated heterocycles. The summed E-state index contributed by atoms with van der Waals surface area (Å²) in [5.74, 6) is 1.23. The Hall–Kier alpha value is -1.42. The van der Waals surface area contributed by atoms with E-state index in [1.807, 2.05) is 30.9 Å². The summed E-state index contributed by atoms with van der Waals surface area (Å²) in [5, 5.41) is 0. The van der Waals surface area contributed by atoms with Crippen LogP contribution in [0.1, 0.15) is 34.6 Å². The molecule has 4 heteroatoms. The Kier molecular flexibility index (Phi) is 3.05. The molecule has 0 bridgehead atoms. The number of aryl methyl sites for hydroxylation is 2. The lowest BCUT2D eigenvalue weighted by Crippen LogP contribution is -2.33. The maximum atomic E-state index is 12.6. The van der Waals surface area contributed by atoms with Crippen molar-refractivity contribution in [3.63, 3.8) is 0 Å². The van der Waals surface area contributed by atoms with Gasteiger partial charge in [-0.15, -0.1) is 0 Å². The van der Waals surface area contributed by atoms with Gasteiger partial charge in [0.25, 0.3) is 5.91 Å². The zero-order valence-corrected chi connectivity index (χ0v) is 11.6. The summed E-state index contributed by atoms with van der Waals surface area (Å²) in [5.41, 5.74) is 8.63. The minimum absolute atomic E-state index is 0.117. The molecule has 0 aromatic carbocycles. The fraction of sp³-hybridized carbons (Fsp3) is 0.600. The van der Waals surface area contributed by atoms with Gasteiger partial charge in [-0.2, -0.15) is 0 Å². The van der Waals surface area contributed by atoms with E-state index in [1.165, 1.54) is 6.42 Å². The number of rotatable bonds is 1. The van der Waals surface area contributed by atoms with Gasteiger partial charge in [-0.05, 0) is 50.7 Å². The molecular formula is C15H21N3O. The van der Waals surface area contributed by atoms with E-state index in [4.69, 9.17) is 5.73 Å². The Labute approximate surface area is 114 Å². The monoisotopic (exact) mass is 259 g/mol. The molecule has 102 valence electrons. The molecule has 2 heterocycles. The van der Waals surface area contributed by atoms with E-state index >= 15 is 0 Å². The first-order chi connectivity index (χ1) is 9.06. The molecule has 3 unspecified atom stereocenters. The number of hydrogen-bond donors (Lipinski definition) is 1. The molecule has 0 spiro atoms. The molecule has 19 heavy (non-hydrogen) atoms. The average Bonchev–Trinajstić information content (AvgIpc) is 2.91. The summed E-state index contributed by atoms with van der Waals surface area (Å²) in [6, 6.07) is 4.08. The third-order valence-electron chi connectivity index (χ3n) is 4.66. The number of nitrogens with two attached hydrogens (primary N) is 1. The minimum Gasteiger partial charge on any atom is -0.338 e. The number of nitrogens with zero attached hydrogens (tertiary/aromatic N) is 2. The fourth-order valence-corrected chi connectivity index (χ4v) is 3.56. The first-order valence-electron chi connectivity index (χ1n) is 7.05. The molecule has 2 aliphatic rings.